The molecule has 0 saturated carbocycles. The third-order valence-electron chi connectivity index (χ3n) is 3.75. The minimum Gasteiger partial charge on any atom is -0.330 e. The zero-order valence-corrected chi connectivity index (χ0v) is 12.5. The van der Waals surface area contributed by atoms with Gasteiger partial charge in [-0.25, -0.2) is 4.79 Å². The number of rotatable bonds is 5. The Balaban J connectivity index is 1.77. The predicted molar refractivity (Wildman–Crippen MR) is 71.5 cm³/mol. The van der Waals surface area contributed by atoms with E-state index in [1.165, 1.54) is 0 Å². The molecule has 22 heavy (non-hydrogen) atoms. The van der Waals surface area contributed by atoms with E-state index in [-0.39, 0.29) is 50.0 Å². The Morgan fingerprint density at radius 2 is 1.64 bits per heavy atom. The Kier molecular flexibility index (Phi) is 4.58. The zero-order chi connectivity index (χ0) is 16.4. The molecule has 8 nitrogen and oxygen atoms in total. The van der Waals surface area contributed by atoms with Gasteiger partial charge in [0, 0.05) is 37.6 Å². The van der Waals surface area contributed by atoms with Gasteiger partial charge in [0.25, 0.3) is 11.8 Å². The molecule has 0 N–H and O–H groups in total. The average Bonchev–Trinajstić information content (AvgIpc) is 2.82. The zero-order valence-electron chi connectivity index (χ0n) is 12.5. The van der Waals surface area contributed by atoms with Crippen LogP contribution in [-0.2, 0) is 28.8 Å². The molecule has 8 heteroatoms. The second-order valence-corrected chi connectivity index (χ2v) is 5.69. The van der Waals surface area contributed by atoms with Crippen LogP contribution in [0.5, 0.6) is 0 Å². The van der Waals surface area contributed by atoms with Crippen LogP contribution in [-0.4, -0.2) is 46.1 Å². The van der Waals surface area contributed by atoms with E-state index in [0.717, 1.165) is 4.90 Å². The Morgan fingerprint density at radius 1 is 1.05 bits per heavy atom. The molecule has 2 atom stereocenters. The van der Waals surface area contributed by atoms with Crippen LogP contribution in [0.4, 0.5) is 0 Å². The lowest BCUT2D eigenvalue weighted by Crippen LogP contribution is -2.34. The number of likely N-dealkylation sites (tertiary alicyclic amines) is 1. The number of nitrogens with zero attached hydrogens (tertiary/aromatic N) is 2. The highest BCUT2D eigenvalue weighted by atomic mass is 16.7. The number of hydrogen-bond donors (Lipinski definition) is 0. The van der Waals surface area contributed by atoms with Gasteiger partial charge in [0.2, 0.25) is 11.8 Å². The summed E-state index contributed by atoms with van der Waals surface area (Å²) in [5.41, 5.74) is 0. The van der Waals surface area contributed by atoms with Gasteiger partial charge in [-0.3, -0.25) is 24.1 Å². The van der Waals surface area contributed by atoms with Crippen LogP contribution >= 0.6 is 0 Å². The summed E-state index contributed by atoms with van der Waals surface area (Å²) in [6.07, 6.45) is 0.365. The van der Waals surface area contributed by atoms with Gasteiger partial charge in [0.05, 0.1) is 0 Å². The van der Waals surface area contributed by atoms with Crippen molar-refractivity contribution in [1.82, 2.24) is 9.96 Å². The van der Waals surface area contributed by atoms with Crippen LogP contribution < -0.4 is 0 Å². The van der Waals surface area contributed by atoms with Gasteiger partial charge in [0.15, 0.2) is 0 Å². The molecule has 2 fully saturated rings. The summed E-state index contributed by atoms with van der Waals surface area (Å²) < 4.78 is 0. The summed E-state index contributed by atoms with van der Waals surface area (Å²) in [6.45, 7) is 3.40. The molecule has 0 aliphatic carbocycles. The molecule has 120 valence electrons. The van der Waals surface area contributed by atoms with Crippen molar-refractivity contribution in [1.29, 1.82) is 0 Å². The molecular weight excluding hydrogens is 292 g/mol. The lowest BCUT2D eigenvalue weighted by molar-refractivity contribution is -0.198. The first kappa shape index (κ1) is 16.1. The van der Waals surface area contributed by atoms with Crippen LogP contribution in [0.1, 0.15) is 39.5 Å². The maximum Gasteiger partial charge on any atom is 0.333 e. The van der Waals surface area contributed by atoms with Gasteiger partial charge in [-0.1, -0.05) is 13.8 Å². The maximum atomic E-state index is 11.7. The van der Waals surface area contributed by atoms with Crippen LogP contribution in [0.2, 0.25) is 0 Å². The average molecular weight is 310 g/mol. The van der Waals surface area contributed by atoms with Gasteiger partial charge < -0.3 is 4.84 Å². The summed E-state index contributed by atoms with van der Waals surface area (Å²) >= 11 is 0. The van der Waals surface area contributed by atoms with Crippen LogP contribution in [0.15, 0.2) is 0 Å². The highest BCUT2D eigenvalue weighted by Crippen LogP contribution is 2.21. The second kappa shape index (κ2) is 6.25. The molecule has 2 rings (SSSR count). The first-order valence-corrected chi connectivity index (χ1v) is 7.23. The first-order chi connectivity index (χ1) is 10.3. The second-order valence-electron chi connectivity index (χ2n) is 5.69. The van der Waals surface area contributed by atoms with E-state index in [0.29, 0.717) is 5.06 Å². The number of hydrogen-bond acceptors (Lipinski definition) is 6. The smallest absolute Gasteiger partial charge is 0.330 e. The topological polar surface area (TPSA) is 101 Å². The monoisotopic (exact) mass is 310 g/mol. The highest BCUT2D eigenvalue weighted by molar-refractivity contribution is 6.03. The minimum absolute atomic E-state index is 0.0286. The van der Waals surface area contributed by atoms with E-state index in [4.69, 9.17) is 4.84 Å². The highest BCUT2D eigenvalue weighted by Gasteiger charge is 2.39. The molecule has 2 aliphatic rings. The quantitative estimate of drug-likeness (QED) is 0.663. The van der Waals surface area contributed by atoms with E-state index >= 15 is 0 Å². The summed E-state index contributed by atoms with van der Waals surface area (Å²) in [6, 6.07) is 0. The minimum atomic E-state index is -0.733. The maximum absolute atomic E-state index is 11.7. The largest absolute Gasteiger partial charge is 0.333 e. The fourth-order valence-corrected chi connectivity index (χ4v) is 2.46. The normalized spacial score (nSPS) is 25.4. The van der Waals surface area contributed by atoms with Gasteiger partial charge >= 0.3 is 5.97 Å². The van der Waals surface area contributed by atoms with Crippen molar-refractivity contribution >= 4 is 29.6 Å². The molecule has 0 spiro atoms. The number of carbonyl (C=O) groups is 5. The molecule has 0 aromatic heterocycles. The molecule has 0 bridgehead atoms. The molecule has 0 radical (unpaired) electrons. The number of amides is 4. The molecule has 2 aliphatic heterocycles. The van der Waals surface area contributed by atoms with Crippen LogP contribution in [0.3, 0.4) is 0 Å². The summed E-state index contributed by atoms with van der Waals surface area (Å²) in [7, 11) is 0. The van der Waals surface area contributed by atoms with Crippen molar-refractivity contribution in [2.45, 2.75) is 39.5 Å². The van der Waals surface area contributed by atoms with Crippen molar-refractivity contribution in [3.8, 4) is 0 Å². The van der Waals surface area contributed by atoms with Crippen LogP contribution in [0, 0.1) is 11.8 Å². The molecule has 2 unspecified atom stereocenters. The van der Waals surface area contributed by atoms with Gasteiger partial charge in [-0.15, -0.1) is 5.06 Å². The Labute approximate surface area is 127 Å². The Bertz CT molecular complexity index is 543. The third kappa shape index (κ3) is 3.15. The number of carbonyl (C=O) groups excluding carboxylic acids is 5. The van der Waals surface area contributed by atoms with Crippen LogP contribution in [0.25, 0.3) is 0 Å². The fourth-order valence-electron chi connectivity index (χ4n) is 2.46. The first-order valence-electron chi connectivity index (χ1n) is 7.23. The lowest BCUT2D eigenvalue weighted by atomic mass is 10.1. The van der Waals surface area contributed by atoms with Crippen molar-refractivity contribution in [3.63, 3.8) is 0 Å². The van der Waals surface area contributed by atoms with Crippen molar-refractivity contribution in [2.24, 2.45) is 11.8 Å². The summed E-state index contributed by atoms with van der Waals surface area (Å²) in [5.74, 6) is -3.09. The Morgan fingerprint density at radius 3 is 2.14 bits per heavy atom. The van der Waals surface area contributed by atoms with E-state index in [1.54, 1.807) is 13.8 Å². The van der Waals surface area contributed by atoms with Gasteiger partial charge in [-0.2, -0.15) is 0 Å². The van der Waals surface area contributed by atoms with Crippen molar-refractivity contribution in [3.05, 3.63) is 0 Å². The molecule has 0 aromatic carbocycles. The SMILES string of the molecule is CC1CC(=O)N(CCCC(=O)ON2C(=O)CC(C)C2=O)C1=O. The number of imide groups is 2. The van der Waals surface area contributed by atoms with Gasteiger partial charge in [-0.05, 0) is 6.42 Å². The van der Waals surface area contributed by atoms with E-state index in [9.17, 15) is 24.0 Å². The number of hydroxylamine groups is 2. The molecule has 0 aromatic rings. The van der Waals surface area contributed by atoms with E-state index in [2.05, 4.69) is 0 Å². The van der Waals surface area contributed by atoms with Crippen molar-refractivity contribution < 1.29 is 28.8 Å². The standard InChI is InChI=1S/C14H18N2O6/c1-8-6-10(17)15(13(8)20)5-3-4-12(19)22-16-11(18)7-9(2)14(16)21/h8-9H,3-7H2,1-2H3. The van der Waals surface area contributed by atoms with Crippen molar-refractivity contribution in [2.75, 3.05) is 6.54 Å². The summed E-state index contributed by atoms with van der Waals surface area (Å²) in [5, 5.41) is 0.501. The van der Waals surface area contributed by atoms with E-state index in [1.807, 2.05) is 0 Å². The summed E-state index contributed by atoms with van der Waals surface area (Å²) in [4.78, 5) is 63.8. The van der Waals surface area contributed by atoms with Gasteiger partial charge in [0.1, 0.15) is 0 Å². The molecule has 2 saturated heterocycles. The molecule has 4 amide bonds. The Hall–Kier alpha value is -2.25. The predicted octanol–water partition coefficient (Wildman–Crippen LogP) is 0.0148. The lowest BCUT2D eigenvalue weighted by Gasteiger charge is -2.15. The fraction of sp³-hybridized carbons (Fsp3) is 0.643. The third-order valence-corrected chi connectivity index (χ3v) is 3.75. The van der Waals surface area contributed by atoms with E-state index < -0.39 is 23.7 Å². The molecular formula is C14H18N2O6. The molecule has 2 heterocycles.